The Morgan fingerprint density at radius 2 is 0.945 bits per heavy atom. The normalized spacial score (nSPS) is 13.0. The summed E-state index contributed by atoms with van der Waals surface area (Å²) in [7, 11) is -2.87. The molecule has 258 valence electrons. The first-order chi connectivity index (χ1) is 27.1. The zero-order valence-corrected chi connectivity index (χ0v) is 30.7. The van der Waals surface area contributed by atoms with Crippen molar-refractivity contribution in [2.24, 2.45) is 0 Å². The van der Waals surface area contributed by atoms with Gasteiger partial charge in [0.2, 0.25) is 7.49 Å². The highest BCUT2D eigenvalue weighted by Gasteiger charge is 2.44. The second-order valence-corrected chi connectivity index (χ2v) is 17.1. The average Bonchev–Trinajstić information content (AvgIpc) is 3.66. The second kappa shape index (κ2) is 12.5. The lowest BCUT2D eigenvalue weighted by molar-refractivity contribution is 0.633. The van der Waals surface area contributed by atoms with Crippen LogP contribution in [0.1, 0.15) is 0 Å². The van der Waals surface area contributed by atoms with Gasteiger partial charge in [-0.25, -0.2) is 9.88 Å². The standard InChI is InChI=1S/C51H34N2OP/c54-55(41-12-2-1-3-13-41,43-30-26-34-10-4-5-11-39(34)32-43)42-28-24-36(25-29-42)35-18-20-37(21-19-35)40-23-22-38-27-31-45-44-14-6-7-15-46(44)51-52-48-16-8-9-17-49(48)53(51)50(45)47(38)33-40/h1-33,54H/q+1. The van der Waals surface area contributed by atoms with Crippen LogP contribution in [-0.4, -0.2) is 14.3 Å². The van der Waals surface area contributed by atoms with Crippen molar-refractivity contribution >= 4 is 83.3 Å². The van der Waals surface area contributed by atoms with E-state index in [1.807, 2.05) is 30.3 Å². The van der Waals surface area contributed by atoms with Crippen molar-refractivity contribution in [3.05, 3.63) is 200 Å². The maximum Gasteiger partial charge on any atom is 0.238 e. The number of pyridine rings is 1. The van der Waals surface area contributed by atoms with E-state index in [9.17, 15) is 4.89 Å². The Morgan fingerprint density at radius 1 is 0.382 bits per heavy atom. The van der Waals surface area contributed by atoms with Gasteiger partial charge in [-0.05, 0) is 98.4 Å². The minimum absolute atomic E-state index is 0.935. The molecule has 0 amide bonds. The van der Waals surface area contributed by atoms with Gasteiger partial charge in [0.1, 0.15) is 21.6 Å². The number of benzene rings is 9. The lowest BCUT2D eigenvalue weighted by atomic mass is 9.96. The van der Waals surface area contributed by atoms with Gasteiger partial charge in [-0.2, -0.15) is 0 Å². The monoisotopic (exact) mass is 721 g/mol. The Kier molecular flexibility index (Phi) is 7.22. The molecule has 2 heterocycles. The van der Waals surface area contributed by atoms with Gasteiger partial charge >= 0.3 is 0 Å². The summed E-state index contributed by atoms with van der Waals surface area (Å²) in [5, 5.41) is 11.1. The van der Waals surface area contributed by atoms with Gasteiger partial charge in [-0.3, -0.25) is 4.40 Å². The van der Waals surface area contributed by atoms with Crippen LogP contribution in [0.15, 0.2) is 200 Å². The summed E-state index contributed by atoms with van der Waals surface area (Å²) in [4.78, 5) is 17.8. The molecular weight excluding hydrogens is 688 g/mol. The summed E-state index contributed by atoms with van der Waals surface area (Å²) in [5.74, 6) is 0. The number of aromatic nitrogens is 2. The minimum atomic E-state index is -2.87. The zero-order valence-electron chi connectivity index (χ0n) is 29.8. The molecule has 0 spiro atoms. The first-order valence-corrected chi connectivity index (χ1v) is 20.4. The van der Waals surface area contributed by atoms with Crippen molar-refractivity contribution in [1.29, 1.82) is 0 Å². The van der Waals surface area contributed by atoms with Crippen molar-refractivity contribution in [3.63, 3.8) is 0 Å². The average molecular weight is 722 g/mol. The highest BCUT2D eigenvalue weighted by atomic mass is 31.2. The lowest BCUT2D eigenvalue weighted by Gasteiger charge is -2.21. The fourth-order valence-electron chi connectivity index (χ4n) is 8.48. The molecule has 0 aliphatic rings. The van der Waals surface area contributed by atoms with E-state index in [-0.39, 0.29) is 0 Å². The molecule has 4 heteroatoms. The van der Waals surface area contributed by atoms with Crippen LogP contribution in [-0.2, 0) is 0 Å². The van der Waals surface area contributed by atoms with Crippen LogP contribution in [0.25, 0.3) is 82.2 Å². The van der Waals surface area contributed by atoms with Gasteiger partial charge in [-0.15, -0.1) is 0 Å². The Labute approximate surface area is 318 Å². The molecule has 11 rings (SSSR count). The fourth-order valence-corrected chi connectivity index (χ4v) is 11.2. The second-order valence-electron chi connectivity index (χ2n) is 14.3. The number of fused-ring (bicyclic) bond motifs is 11. The van der Waals surface area contributed by atoms with Crippen LogP contribution >= 0.6 is 7.49 Å². The quantitative estimate of drug-likeness (QED) is 0.142. The number of nitrogens with zero attached hydrogens (tertiary/aromatic N) is 2. The summed E-state index contributed by atoms with van der Waals surface area (Å²) in [6, 6.07) is 70.5. The van der Waals surface area contributed by atoms with Crippen molar-refractivity contribution in [3.8, 4) is 22.3 Å². The largest absolute Gasteiger partial charge is 0.291 e. The lowest BCUT2D eigenvalue weighted by Crippen LogP contribution is -2.30. The number of rotatable bonds is 5. The van der Waals surface area contributed by atoms with E-state index in [1.54, 1.807) is 0 Å². The van der Waals surface area contributed by atoms with Gasteiger partial charge in [0.25, 0.3) is 0 Å². The van der Waals surface area contributed by atoms with E-state index in [1.165, 1.54) is 38.0 Å². The van der Waals surface area contributed by atoms with Crippen molar-refractivity contribution < 1.29 is 4.89 Å². The van der Waals surface area contributed by atoms with E-state index in [0.29, 0.717) is 0 Å². The third-order valence-corrected chi connectivity index (χ3v) is 14.4. The number of hydrogen-bond donors (Lipinski definition) is 1. The first-order valence-electron chi connectivity index (χ1n) is 18.7. The maximum atomic E-state index is 12.7. The summed E-state index contributed by atoms with van der Waals surface area (Å²) in [5.41, 5.74) is 8.85. The molecule has 0 aliphatic heterocycles. The molecule has 0 saturated heterocycles. The predicted molar refractivity (Wildman–Crippen MR) is 235 cm³/mol. The van der Waals surface area contributed by atoms with Gasteiger partial charge < -0.3 is 0 Å². The fraction of sp³-hybridized carbons (Fsp3) is 0. The smallest absolute Gasteiger partial charge is 0.238 e. The van der Waals surface area contributed by atoms with Gasteiger partial charge in [0, 0.05) is 16.2 Å². The number of imidazole rings is 1. The molecule has 1 atom stereocenters. The van der Waals surface area contributed by atoms with E-state index >= 15 is 0 Å². The van der Waals surface area contributed by atoms with Crippen LogP contribution in [0.3, 0.4) is 0 Å². The third-order valence-electron chi connectivity index (χ3n) is 11.3. The molecule has 0 fully saturated rings. The molecule has 3 nitrogen and oxygen atoms in total. The first kappa shape index (κ1) is 31.8. The zero-order chi connectivity index (χ0) is 36.5. The molecule has 0 saturated carbocycles. The molecule has 1 N–H and O–H groups in total. The molecule has 0 radical (unpaired) electrons. The van der Waals surface area contributed by atoms with Crippen LogP contribution in [0.2, 0.25) is 0 Å². The summed E-state index contributed by atoms with van der Waals surface area (Å²) >= 11 is 0. The maximum absolute atomic E-state index is 12.7. The third kappa shape index (κ3) is 5.02. The van der Waals surface area contributed by atoms with Gasteiger partial charge in [0.05, 0.1) is 16.6 Å². The van der Waals surface area contributed by atoms with E-state index in [2.05, 4.69) is 174 Å². The Bertz CT molecular complexity index is 3260. The summed E-state index contributed by atoms with van der Waals surface area (Å²) < 4.78 is 2.35. The Hall–Kier alpha value is -6.64. The minimum Gasteiger partial charge on any atom is -0.291 e. The van der Waals surface area contributed by atoms with Crippen molar-refractivity contribution in [2.45, 2.75) is 0 Å². The van der Waals surface area contributed by atoms with Crippen molar-refractivity contribution in [1.82, 2.24) is 9.38 Å². The highest BCUT2D eigenvalue weighted by molar-refractivity contribution is 7.91. The van der Waals surface area contributed by atoms with Crippen molar-refractivity contribution in [2.75, 3.05) is 0 Å². The molecular formula is C51H34N2OP+. The van der Waals surface area contributed by atoms with Crippen LogP contribution in [0.4, 0.5) is 0 Å². The number of hydrogen-bond acceptors (Lipinski definition) is 2. The molecule has 9 aromatic carbocycles. The summed E-state index contributed by atoms with van der Waals surface area (Å²) in [6.07, 6.45) is 0. The Balaban J connectivity index is 0.988. The topological polar surface area (TPSA) is 37.5 Å². The van der Waals surface area contributed by atoms with Crippen LogP contribution < -0.4 is 15.9 Å². The molecule has 0 aliphatic carbocycles. The van der Waals surface area contributed by atoms with E-state index in [4.69, 9.17) is 4.98 Å². The SMILES string of the molecule is O[P+](c1ccccc1)(c1ccc(-c2ccc(-c3ccc4ccc5c6ccccc6c6nc7ccccc7n6c5c4c3)cc2)cc1)c1ccc2ccccc2c1. The summed E-state index contributed by atoms with van der Waals surface area (Å²) in [6.45, 7) is 0. The Morgan fingerprint density at radius 3 is 1.75 bits per heavy atom. The van der Waals surface area contributed by atoms with Gasteiger partial charge in [-0.1, -0.05) is 146 Å². The van der Waals surface area contributed by atoms with Crippen LogP contribution in [0.5, 0.6) is 0 Å². The van der Waals surface area contributed by atoms with E-state index in [0.717, 1.165) is 60.1 Å². The van der Waals surface area contributed by atoms with Gasteiger partial charge in [0.15, 0.2) is 0 Å². The molecule has 2 aromatic heterocycles. The molecule has 11 aromatic rings. The molecule has 0 bridgehead atoms. The predicted octanol–water partition coefficient (Wildman–Crippen LogP) is 11.6. The number of para-hydroxylation sites is 2. The van der Waals surface area contributed by atoms with Crippen LogP contribution in [0, 0.1) is 0 Å². The molecule has 55 heavy (non-hydrogen) atoms. The highest BCUT2D eigenvalue weighted by Crippen LogP contribution is 2.51. The molecule has 1 unspecified atom stereocenters. The van der Waals surface area contributed by atoms with E-state index < -0.39 is 7.49 Å².